The van der Waals surface area contributed by atoms with E-state index in [0.29, 0.717) is 18.5 Å². The molecule has 0 amide bonds. The third-order valence-corrected chi connectivity index (χ3v) is 3.68. The fourth-order valence-electron chi connectivity index (χ4n) is 2.62. The van der Waals surface area contributed by atoms with Crippen molar-refractivity contribution in [3.8, 4) is 0 Å². The minimum Gasteiger partial charge on any atom is -0.372 e. The van der Waals surface area contributed by atoms with Crippen molar-refractivity contribution >= 4 is 0 Å². The zero-order chi connectivity index (χ0) is 13.7. The molecule has 112 valence electrons. The number of hydrogen-bond acceptors (Lipinski definition) is 3. The van der Waals surface area contributed by atoms with E-state index in [1.807, 2.05) is 0 Å². The zero-order valence-corrected chi connectivity index (χ0v) is 11.2. The Bertz CT molecular complexity index is 263. The Morgan fingerprint density at radius 3 is 2.58 bits per heavy atom. The second kappa shape index (κ2) is 6.90. The maximum Gasteiger partial charge on any atom is 0.411 e. The van der Waals surface area contributed by atoms with E-state index in [9.17, 15) is 13.2 Å². The lowest BCUT2D eigenvalue weighted by Crippen LogP contribution is -2.39. The number of ether oxygens (including phenoxy) is 1. The molecular formula is C13H23F3N2O. The number of nitrogens with one attached hydrogen (secondary N) is 1. The summed E-state index contributed by atoms with van der Waals surface area (Å²) in [6.45, 7) is 2.05. The van der Waals surface area contributed by atoms with Crippen LogP contribution in [0.15, 0.2) is 0 Å². The maximum absolute atomic E-state index is 11.9. The Labute approximate surface area is 112 Å². The lowest BCUT2D eigenvalue weighted by molar-refractivity contribution is -0.174. The Hall–Kier alpha value is -0.330. The molecule has 1 saturated heterocycles. The highest BCUT2D eigenvalue weighted by Gasteiger charge is 2.31. The summed E-state index contributed by atoms with van der Waals surface area (Å²) in [5.41, 5.74) is 0. The lowest BCUT2D eigenvalue weighted by atomic mass is 10.2. The van der Waals surface area contributed by atoms with Crippen LogP contribution in [0.2, 0.25) is 0 Å². The van der Waals surface area contributed by atoms with E-state index in [-0.39, 0.29) is 6.61 Å². The molecule has 0 aromatic rings. The van der Waals surface area contributed by atoms with E-state index in [4.69, 9.17) is 0 Å². The van der Waals surface area contributed by atoms with Crippen LogP contribution < -0.4 is 5.32 Å². The van der Waals surface area contributed by atoms with Gasteiger partial charge in [-0.25, -0.2) is 0 Å². The Balaban J connectivity index is 1.58. The molecule has 2 rings (SSSR count). The van der Waals surface area contributed by atoms with Crippen molar-refractivity contribution in [3.05, 3.63) is 0 Å². The van der Waals surface area contributed by atoms with Crippen molar-refractivity contribution in [1.82, 2.24) is 10.2 Å². The van der Waals surface area contributed by atoms with E-state index in [1.54, 1.807) is 0 Å². The van der Waals surface area contributed by atoms with Crippen molar-refractivity contribution in [1.29, 1.82) is 0 Å². The second-order valence-corrected chi connectivity index (χ2v) is 5.54. The predicted molar refractivity (Wildman–Crippen MR) is 67.1 cm³/mol. The summed E-state index contributed by atoms with van der Waals surface area (Å²) < 4.78 is 40.4. The molecule has 0 aromatic heterocycles. The van der Waals surface area contributed by atoms with Crippen LogP contribution in [0.5, 0.6) is 0 Å². The molecule has 0 bridgehead atoms. The van der Waals surface area contributed by atoms with E-state index < -0.39 is 12.8 Å². The third-order valence-electron chi connectivity index (χ3n) is 3.68. The summed E-state index contributed by atoms with van der Waals surface area (Å²) >= 11 is 0. The molecular weight excluding hydrogens is 257 g/mol. The van der Waals surface area contributed by atoms with Crippen molar-refractivity contribution in [2.45, 2.75) is 50.4 Å². The minimum absolute atomic E-state index is 0.195. The molecule has 0 aromatic carbocycles. The number of hydrogen-bond donors (Lipinski definition) is 1. The van der Waals surface area contributed by atoms with Crippen LogP contribution in [0.1, 0.15) is 32.1 Å². The van der Waals surface area contributed by atoms with Gasteiger partial charge in [-0.05, 0) is 38.6 Å². The first-order chi connectivity index (χ1) is 9.04. The largest absolute Gasteiger partial charge is 0.411 e. The van der Waals surface area contributed by atoms with Crippen LogP contribution in [0, 0.1) is 0 Å². The summed E-state index contributed by atoms with van der Waals surface area (Å²) in [6, 6.07) is 1.22. The van der Waals surface area contributed by atoms with E-state index in [0.717, 1.165) is 19.6 Å². The van der Waals surface area contributed by atoms with Gasteiger partial charge in [0.15, 0.2) is 0 Å². The predicted octanol–water partition coefficient (Wildman–Crippen LogP) is 2.17. The van der Waals surface area contributed by atoms with E-state index in [2.05, 4.69) is 15.0 Å². The molecule has 3 nitrogen and oxygen atoms in total. The monoisotopic (exact) mass is 280 g/mol. The highest BCUT2D eigenvalue weighted by atomic mass is 19.4. The molecule has 1 atom stereocenters. The molecule has 2 fully saturated rings. The average molecular weight is 280 g/mol. The molecule has 1 unspecified atom stereocenters. The summed E-state index contributed by atoms with van der Waals surface area (Å²) in [5.74, 6) is 0. The topological polar surface area (TPSA) is 24.5 Å². The van der Waals surface area contributed by atoms with Crippen molar-refractivity contribution < 1.29 is 17.9 Å². The fraction of sp³-hybridized carbons (Fsp3) is 1.00. The number of alkyl halides is 3. The van der Waals surface area contributed by atoms with Crippen LogP contribution in [0.3, 0.4) is 0 Å². The summed E-state index contributed by atoms with van der Waals surface area (Å²) in [4.78, 5) is 2.42. The molecule has 1 aliphatic carbocycles. The molecule has 0 radical (unpaired) electrons. The lowest BCUT2D eigenvalue weighted by Gasteiger charge is -2.25. The molecule has 1 heterocycles. The van der Waals surface area contributed by atoms with Crippen LogP contribution in [0.4, 0.5) is 13.2 Å². The van der Waals surface area contributed by atoms with Crippen molar-refractivity contribution in [2.24, 2.45) is 0 Å². The SMILES string of the molecule is FC(F)(F)COCCCN(CC1CCCN1)C1CC1. The number of nitrogens with zero attached hydrogens (tertiary/aromatic N) is 1. The highest BCUT2D eigenvalue weighted by Crippen LogP contribution is 2.27. The molecule has 1 N–H and O–H groups in total. The number of rotatable bonds is 8. The van der Waals surface area contributed by atoms with Gasteiger partial charge in [-0.15, -0.1) is 0 Å². The van der Waals surface area contributed by atoms with Crippen molar-refractivity contribution in [2.75, 3.05) is 32.8 Å². The Morgan fingerprint density at radius 1 is 1.21 bits per heavy atom. The first kappa shape index (κ1) is 15.1. The van der Waals surface area contributed by atoms with Gasteiger partial charge in [-0.2, -0.15) is 13.2 Å². The van der Waals surface area contributed by atoms with Crippen LogP contribution in [0.25, 0.3) is 0 Å². The Morgan fingerprint density at radius 2 is 2.00 bits per heavy atom. The van der Waals surface area contributed by atoms with Gasteiger partial charge in [0, 0.05) is 31.8 Å². The van der Waals surface area contributed by atoms with E-state index >= 15 is 0 Å². The molecule has 19 heavy (non-hydrogen) atoms. The minimum atomic E-state index is -4.20. The van der Waals surface area contributed by atoms with Crippen LogP contribution in [-0.4, -0.2) is 56.0 Å². The first-order valence-corrected chi connectivity index (χ1v) is 7.16. The molecule has 0 spiro atoms. The second-order valence-electron chi connectivity index (χ2n) is 5.54. The molecule has 1 saturated carbocycles. The maximum atomic E-state index is 11.9. The van der Waals surface area contributed by atoms with Gasteiger partial charge in [-0.1, -0.05) is 0 Å². The fourth-order valence-corrected chi connectivity index (χ4v) is 2.62. The number of halogens is 3. The first-order valence-electron chi connectivity index (χ1n) is 7.16. The van der Waals surface area contributed by atoms with Gasteiger partial charge in [0.25, 0.3) is 0 Å². The van der Waals surface area contributed by atoms with Gasteiger partial charge >= 0.3 is 6.18 Å². The van der Waals surface area contributed by atoms with Crippen LogP contribution in [-0.2, 0) is 4.74 Å². The third kappa shape index (κ3) is 6.10. The molecule has 1 aliphatic heterocycles. The van der Waals surface area contributed by atoms with Crippen LogP contribution >= 0.6 is 0 Å². The van der Waals surface area contributed by atoms with Crippen molar-refractivity contribution in [3.63, 3.8) is 0 Å². The highest BCUT2D eigenvalue weighted by molar-refractivity contribution is 4.88. The zero-order valence-electron chi connectivity index (χ0n) is 11.2. The normalized spacial score (nSPS) is 24.3. The summed E-state index contributed by atoms with van der Waals surface area (Å²) in [7, 11) is 0. The Kier molecular flexibility index (Phi) is 5.47. The quantitative estimate of drug-likeness (QED) is 0.690. The summed E-state index contributed by atoms with van der Waals surface area (Å²) in [6.07, 6.45) is 1.39. The van der Waals surface area contributed by atoms with Gasteiger partial charge < -0.3 is 10.1 Å². The van der Waals surface area contributed by atoms with Gasteiger partial charge in [-0.3, -0.25) is 4.90 Å². The standard InChI is InChI=1S/C13H23F3N2O/c14-13(15,16)10-19-8-2-7-18(12-4-5-12)9-11-3-1-6-17-11/h11-12,17H,1-10H2. The summed E-state index contributed by atoms with van der Waals surface area (Å²) in [5, 5.41) is 3.47. The van der Waals surface area contributed by atoms with Gasteiger partial charge in [0.2, 0.25) is 0 Å². The van der Waals surface area contributed by atoms with Gasteiger partial charge in [0.1, 0.15) is 6.61 Å². The molecule has 2 aliphatic rings. The van der Waals surface area contributed by atoms with E-state index in [1.165, 1.54) is 25.7 Å². The van der Waals surface area contributed by atoms with Gasteiger partial charge in [0.05, 0.1) is 0 Å². The smallest absolute Gasteiger partial charge is 0.372 e. The average Bonchev–Trinajstić information content (AvgIpc) is 3.04. The molecule has 6 heteroatoms.